The van der Waals surface area contributed by atoms with E-state index >= 15 is 0 Å². The fourth-order valence-electron chi connectivity index (χ4n) is 4.81. The van der Waals surface area contributed by atoms with Gasteiger partial charge in [-0.1, -0.05) is 18.2 Å². The maximum atomic E-state index is 13.4. The first kappa shape index (κ1) is 29.0. The highest BCUT2D eigenvalue weighted by molar-refractivity contribution is 5.92. The zero-order chi connectivity index (χ0) is 30.3. The van der Waals surface area contributed by atoms with E-state index in [4.69, 9.17) is 9.72 Å². The number of hydrogen-bond acceptors (Lipinski definition) is 9. The number of nitrogens with zero attached hydrogens (tertiary/aromatic N) is 6. The Kier molecular flexibility index (Phi) is 8.85. The third-order valence-corrected chi connectivity index (χ3v) is 7.05. The summed E-state index contributed by atoms with van der Waals surface area (Å²) in [4.78, 5) is 24.3. The van der Waals surface area contributed by atoms with E-state index in [0.29, 0.717) is 29.0 Å². The molecule has 1 aliphatic heterocycles. The highest BCUT2D eigenvalue weighted by Crippen LogP contribution is 2.25. The number of carbonyl (C=O) groups is 1. The van der Waals surface area contributed by atoms with Crippen LogP contribution in [0.2, 0.25) is 0 Å². The summed E-state index contributed by atoms with van der Waals surface area (Å²) in [5, 5.41) is 21.0. The Morgan fingerprint density at radius 1 is 0.977 bits per heavy atom. The standard InChI is InChI=1S/C31H33FN10O2/c1-21-15-29(40-39-21)37-28-18-27(23-19-33-42(20-23)10-9-41-11-13-44-14-12-41)36-31(38-28)35-25-7-5-22(6-8-25)16-30(43)34-26-4-2-3-24(32)17-26/h2-8,15,17-20H,9-14,16H2,1H3,(H,34,43)(H3,35,36,37,38,39,40). The Morgan fingerprint density at radius 2 is 1.82 bits per heavy atom. The lowest BCUT2D eigenvalue weighted by Crippen LogP contribution is -2.38. The molecule has 4 heterocycles. The second-order valence-electron chi connectivity index (χ2n) is 10.5. The van der Waals surface area contributed by atoms with Gasteiger partial charge in [-0.25, -0.2) is 9.37 Å². The molecule has 5 aromatic rings. The first-order valence-corrected chi connectivity index (χ1v) is 14.4. The van der Waals surface area contributed by atoms with Crippen molar-refractivity contribution >= 4 is 34.9 Å². The Labute approximate surface area is 253 Å². The van der Waals surface area contributed by atoms with E-state index in [0.717, 1.165) is 61.9 Å². The van der Waals surface area contributed by atoms with Crippen LogP contribution in [-0.4, -0.2) is 73.6 Å². The zero-order valence-corrected chi connectivity index (χ0v) is 24.3. The summed E-state index contributed by atoms with van der Waals surface area (Å²) in [5.41, 5.74) is 4.45. The number of carbonyl (C=O) groups excluding carboxylic acids is 1. The van der Waals surface area contributed by atoms with E-state index in [9.17, 15) is 9.18 Å². The SMILES string of the molecule is Cc1cc(Nc2cc(-c3cnn(CCN4CCOCC4)c3)nc(Nc3ccc(CC(=O)Nc4cccc(F)c4)cc3)n2)n[nH]1. The van der Waals surface area contributed by atoms with E-state index in [1.54, 1.807) is 18.3 Å². The summed E-state index contributed by atoms with van der Waals surface area (Å²) < 4.78 is 20.8. The molecular weight excluding hydrogens is 563 g/mol. The van der Waals surface area contributed by atoms with Gasteiger partial charge >= 0.3 is 0 Å². The predicted molar refractivity (Wildman–Crippen MR) is 166 cm³/mol. The average molecular weight is 597 g/mol. The van der Waals surface area contributed by atoms with Crippen LogP contribution in [0.25, 0.3) is 11.3 Å². The van der Waals surface area contributed by atoms with Gasteiger partial charge in [0.25, 0.3) is 0 Å². The Bertz CT molecular complexity index is 1710. The minimum absolute atomic E-state index is 0.148. The molecule has 1 amide bonds. The molecule has 1 saturated heterocycles. The minimum atomic E-state index is -0.403. The Hall–Kier alpha value is -5.14. The molecule has 0 spiro atoms. The lowest BCUT2D eigenvalue weighted by molar-refractivity contribution is -0.115. The Morgan fingerprint density at radius 3 is 2.59 bits per heavy atom. The van der Waals surface area contributed by atoms with Crippen molar-refractivity contribution < 1.29 is 13.9 Å². The maximum Gasteiger partial charge on any atom is 0.229 e. The van der Waals surface area contributed by atoms with Crippen LogP contribution in [0.15, 0.2) is 73.1 Å². The van der Waals surface area contributed by atoms with Crippen LogP contribution in [-0.2, 0) is 22.5 Å². The van der Waals surface area contributed by atoms with Crippen molar-refractivity contribution in [1.29, 1.82) is 0 Å². The number of hydrogen-bond donors (Lipinski definition) is 4. The monoisotopic (exact) mass is 596 g/mol. The number of anilines is 5. The van der Waals surface area contributed by atoms with Gasteiger partial charge in [0.15, 0.2) is 5.82 Å². The highest BCUT2D eigenvalue weighted by Gasteiger charge is 2.13. The lowest BCUT2D eigenvalue weighted by Gasteiger charge is -2.26. The van der Waals surface area contributed by atoms with Gasteiger partial charge in [0, 0.05) is 60.6 Å². The quantitative estimate of drug-likeness (QED) is 0.174. The van der Waals surface area contributed by atoms with Crippen LogP contribution >= 0.6 is 0 Å². The van der Waals surface area contributed by atoms with E-state index in [-0.39, 0.29) is 12.3 Å². The number of benzene rings is 2. The van der Waals surface area contributed by atoms with E-state index in [1.165, 1.54) is 12.1 Å². The molecule has 4 N–H and O–H groups in total. The lowest BCUT2D eigenvalue weighted by atomic mass is 10.1. The number of morpholine rings is 1. The van der Waals surface area contributed by atoms with E-state index in [1.807, 2.05) is 54.2 Å². The first-order chi connectivity index (χ1) is 21.4. The molecule has 0 aliphatic carbocycles. The second kappa shape index (κ2) is 13.4. The molecular formula is C31H33FN10O2. The molecule has 6 rings (SSSR count). The molecule has 12 nitrogen and oxygen atoms in total. The Balaban J connectivity index is 1.16. The summed E-state index contributed by atoms with van der Waals surface area (Å²) in [5.74, 6) is 0.952. The molecule has 44 heavy (non-hydrogen) atoms. The first-order valence-electron chi connectivity index (χ1n) is 14.4. The molecule has 0 saturated carbocycles. The van der Waals surface area contributed by atoms with Crippen LogP contribution in [0.3, 0.4) is 0 Å². The van der Waals surface area contributed by atoms with Gasteiger partial charge in [-0.3, -0.25) is 19.5 Å². The summed E-state index contributed by atoms with van der Waals surface area (Å²) in [6, 6.07) is 17.0. The molecule has 0 radical (unpaired) electrons. The number of amides is 1. The summed E-state index contributed by atoms with van der Waals surface area (Å²) >= 11 is 0. The van der Waals surface area contributed by atoms with Crippen LogP contribution in [0.5, 0.6) is 0 Å². The van der Waals surface area contributed by atoms with Crippen molar-refractivity contribution in [2.24, 2.45) is 0 Å². The largest absolute Gasteiger partial charge is 0.379 e. The third kappa shape index (κ3) is 7.82. The van der Waals surface area contributed by atoms with E-state index < -0.39 is 5.82 Å². The fourth-order valence-corrected chi connectivity index (χ4v) is 4.81. The van der Waals surface area contributed by atoms with Crippen molar-refractivity contribution in [3.8, 4) is 11.3 Å². The van der Waals surface area contributed by atoms with Gasteiger partial charge in [-0.05, 0) is 42.8 Å². The van der Waals surface area contributed by atoms with Gasteiger partial charge in [0.1, 0.15) is 11.6 Å². The van der Waals surface area contributed by atoms with Crippen LogP contribution in [0.1, 0.15) is 11.3 Å². The number of rotatable bonds is 11. The topological polar surface area (TPSA) is 138 Å². The molecule has 3 aromatic heterocycles. The number of ether oxygens (including phenoxy) is 1. The summed E-state index contributed by atoms with van der Waals surface area (Å²) in [6.45, 7) is 6.98. The van der Waals surface area contributed by atoms with Crippen molar-refractivity contribution in [2.75, 3.05) is 48.8 Å². The predicted octanol–water partition coefficient (Wildman–Crippen LogP) is 4.51. The molecule has 2 aromatic carbocycles. The zero-order valence-electron chi connectivity index (χ0n) is 24.3. The number of halogens is 1. The van der Waals surface area contributed by atoms with Crippen LogP contribution in [0, 0.1) is 12.7 Å². The average Bonchev–Trinajstić information content (AvgIpc) is 3.66. The van der Waals surface area contributed by atoms with Gasteiger partial charge in [0.2, 0.25) is 11.9 Å². The van der Waals surface area contributed by atoms with Gasteiger partial charge in [-0.2, -0.15) is 15.2 Å². The number of aromatic amines is 1. The van der Waals surface area contributed by atoms with Crippen molar-refractivity contribution in [3.63, 3.8) is 0 Å². The van der Waals surface area contributed by atoms with Crippen LogP contribution < -0.4 is 16.0 Å². The summed E-state index contributed by atoms with van der Waals surface area (Å²) in [7, 11) is 0. The number of nitrogens with one attached hydrogen (secondary N) is 4. The molecule has 226 valence electrons. The van der Waals surface area contributed by atoms with Gasteiger partial charge in [-0.15, -0.1) is 0 Å². The van der Waals surface area contributed by atoms with E-state index in [2.05, 4.69) is 41.1 Å². The van der Waals surface area contributed by atoms with Crippen molar-refractivity contribution in [3.05, 3.63) is 90.1 Å². The smallest absolute Gasteiger partial charge is 0.229 e. The molecule has 13 heteroatoms. The summed E-state index contributed by atoms with van der Waals surface area (Å²) in [6.07, 6.45) is 3.94. The van der Waals surface area contributed by atoms with Crippen molar-refractivity contribution in [1.82, 2.24) is 34.8 Å². The van der Waals surface area contributed by atoms with Crippen LogP contribution in [0.4, 0.5) is 33.3 Å². The fraction of sp³-hybridized carbons (Fsp3) is 0.258. The molecule has 0 bridgehead atoms. The maximum absolute atomic E-state index is 13.4. The molecule has 0 unspecified atom stereocenters. The number of aryl methyl sites for hydroxylation is 1. The number of H-pyrrole nitrogens is 1. The second-order valence-corrected chi connectivity index (χ2v) is 10.5. The molecule has 0 atom stereocenters. The third-order valence-electron chi connectivity index (χ3n) is 7.05. The molecule has 1 aliphatic rings. The molecule has 1 fully saturated rings. The normalized spacial score (nSPS) is 13.5. The van der Waals surface area contributed by atoms with Gasteiger partial charge < -0.3 is 20.7 Å². The number of aromatic nitrogens is 6. The minimum Gasteiger partial charge on any atom is -0.379 e. The van der Waals surface area contributed by atoms with Gasteiger partial charge in [0.05, 0.1) is 38.1 Å². The highest BCUT2D eigenvalue weighted by atomic mass is 19.1. The van der Waals surface area contributed by atoms with Crippen molar-refractivity contribution in [2.45, 2.75) is 19.9 Å².